The van der Waals surface area contributed by atoms with Gasteiger partial charge in [0.2, 0.25) is 5.78 Å². The van der Waals surface area contributed by atoms with Gasteiger partial charge in [0.15, 0.2) is 11.4 Å². The summed E-state index contributed by atoms with van der Waals surface area (Å²) in [6, 6.07) is 2.26. The van der Waals surface area contributed by atoms with Gasteiger partial charge in [0, 0.05) is 11.5 Å². The number of nitrogens with zero attached hydrogens (tertiary/aromatic N) is 1. The predicted molar refractivity (Wildman–Crippen MR) is 127 cm³/mol. The summed E-state index contributed by atoms with van der Waals surface area (Å²) in [5.41, 5.74) is 3.47. The minimum absolute atomic E-state index is 0.0621. The number of phenolic OH excluding ortho intramolecular Hbond substituents is 1. The molecule has 188 valence electrons. The summed E-state index contributed by atoms with van der Waals surface area (Å²) in [6.07, 6.45) is 2.00. The van der Waals surface area contributed by atoms with Crippen molar-refractivity contribution in [3.05, 3.63) is 51.5 Å². The Hall–Kier alpha value is -3.17. The molecule has 3 aliphatic rings. The van der Waals surface area contributed by atoms with E-state index in [1.807, 2.05) is 0 Å². The number of likely N-dealkylation sites (N-methyl/N-ethyl adjacent to an activating group) is 1. The number of carbonyl (C=O) groups is 3. The standard InChI is InChI=1S/C26H32N2O7/c1-11(2)5-6-12-7-8-16(29)18-14(12)9-13-10-15-20(28(3)4)22(31)19(25(27)34)24(33)26(15,35)23(32)17(13)21(18)30/h7-8,11,13,15,20,29,31-32,35H,5-6,9-10H2,1-4H3,(H2,27,34). The number of rotatable bonds is 5. The highest BCUT2D eigenvalue weighted by molar-refractivity contribution is 6.24. The molecule has 0 spiro atoms. The zero-order valence-electron chi connectivity index (χ0n) is 20.3. The van der Waals surface area contributed by atoms with Crippen LogP contribution in [0.5, 0.6) is 5.75 Å². The minimum Gasteiger partial charge on any atom is -0.510 e. The summed E-state index contributed by atoms with van der Waals surface area (Å²) in [5.74, 6) is -5.92. The molecule has 4 rings (SSSR count). The van der Waals surface area contributed by atoms with E-state index in [0.29, 0.717) is 24.3 Å². The van der Waals surface area contributed by atoms with E-state index < -0.39 is 58.0 Å². The Morgan fingerprint density at radius 3 is 2.43 bits per heavy atom. The lowest BCUT2D eigenvalue weighted by Gasteiger charge is -2.50. The lowest BCUT2D eigenvalue weighted by atomic mass is 9.58. The number of ketones is 2. The molecule has 0 radical (unpaired) electrons. The Balaban J connectivity index is 1.91. The predicted octanol–water partition coefficient (Wildman–Crippen LogP) is 1.71. The summed E-state index contributed by atoms with van der Waals surface area (Å²) in [5, 5.41) is 44.2. The molecule has 0 aliphatic heterocycles. The third-order valence-electron chi connectivity index (χ3n) is 7.69. The molecule has 1 aromatic carbocycles. The number of hydrogen-bond donors (Lipinski definition) is 5. The maximum absolute atomic E-state index is 13.6. The quantitative estimate of drug-likeness (QED) is 0.395. The third kappa shape index (κ3) is 3.56. The molecule has 4 atom stereocenters. The molecule has 3 aliphatic carbocycles. The van der Waals surface area contributed by atoms with Crippen molar-refractivity contribution in [1.82, 2.24) is 4.90 Å². The Morgan fingerprint density at radius 2 is 1.86 bits per heavy atom. The van der Waals surface area contributed by atoms with E-state index in [1.54, 1.807) is 20.2 Å². The summed E-state index contributed by atoms with van der Waals surface area (Å²) in [7, 11) is 3.21. The first kappa shape index (κ1) is 24.9. The number of aryl methyl sites for hydroxylation is 1. The van der Waals surface area contributed by atoms with Crippen molar-refractivity contribution in [3.8, 4) is 5.75 Å². The second-order valence-electron chi connectivity index (χ2n) is 10.5. The van der Waals surface area contributed by atoms with E-state index in [4.69, 9.17) is 5.73 Å². The molecule has 0 bridgehead atoms. The van der Waals surface area contributed by atoms with Crippen molar-refractivity contribution in [2.75, 3.05) is 14.1 Å². The fraction of sp³-hybridized carbons (Fsp3) is 0.500. The average molecular weight is 485 g/mol. The topological polar surface area (TPSA) is 161 Å². The molecule has 6 N–H and O–H groups in total. The molecule has 4 unspecified atom stereocenters. The van der Waals surface area contributed by atoms with Gasteiger partial charge in [0.25, 0.3) is 5.91 Å². The summed E-state index contributed by atoms with van der Waals surface area (Å²) in [6.45, 7) is 4.20. The van der Waals surface area contributed by atoms with Crippen LogP contribution in [0.25, 0.3) is 0 Å². The first-order valence-corrected chi connectivity index (χ1v) is 11.8. The molecular formula is C26H32N2O7. The number of primary amides is 1. The van der Waals surface area contributed by atoms with Crippen LogP contribution in [0.3, 0.4) is 0 Å². The number of hydrogen-bond acceptors (Lipinski definition) is 8. The van der Waals surface area contributed by atoms with Crippen LogP contribution in [0.1, 0.15) is 48.2 Å². The van der Waals surface area contributed by atoms with Gasteiger partial charge in [-0.2, -0.15) is 0 Å². The van der Waals surface area contributed by atoms with Gasteiger partial charge in [-0.3, -0.25) is 19.3 Å². The SMILES string of the molecule is CC(C)CCc1ccc(O)c2c1CC1CC3C(N(C)C)C(O)=C(C(N)=O)C(=O)C3(O)C(O)=C1C2=O. The van der Waals surface area contributed by atoms with Gasteiger partial charge in [-0.05, 0) is 68.8 Å². The second kappa shape index (κ2) is 8.49. The van der Waals surface area contributed by atoms with Crippen molar-refractivity contribution in [1.29, 1.82) is 0 Å². The van der Waals surface area contributed by atoms with E-state index >= 15 is 0 Å². The van der Waals surface area contributed by atoms with Crippen LogP contribution >= 0.6 is 0 Å². The zero-order chi connectivity index (χ0) is 26.0. The lowest BCUT2D eigenvalue weighted by molar-refractivity contribution is -0.148. The highest BCUT2D eigenvalue weighted by Crippen LogP contribution is 2.52. The zero-order valence-corrected chi connectivity index (χ0v) is 20.3. The Labute approximate surface area is 203 Å². The number of Topliss-reactive ketones (excluding diaryl/α,β-unsaturated/α-hetero) is 2. The van der Waals surface area contributed by atoms with Gasteiger partial charge in [-0.15, -0.1) is 0 Å². The number of carbonyl (C=O) groups excluding carboxylic acids is 3. The van der Waals surface area contributed by atoms with Crippen LogP contribution in [0, 0.1) is 17.8 Å². The largest absolute Gasteiger partial charge is 0.510 e. The van der Waals surface area contributed by atoms with E-state index in [1.165, 1.54) is 11.0 Å². The van der Waals surface area contributed by atoms with Crippen molar-refractivity contribution >= 4 is 17.5 Å². The lowest BCUT2D eigenvalue weighted by Crippen LogP contribution is -2.63. The molecule has 1 aromatic rings. The fourth-order valence-corrected chi connectivity index (χ4v) is 5.99. The molecule has 0 aromatic heterocycles. The van der Waals surface area contributed by atoms with Gasteiger partial charge in [-0.25, -0.2) is 0 Å². The molecule has 0 fully saturated rings. The maximum Gasteiger partial charge on any atom is 0.255 e. The van der Waals surface area contributed by atoms with Crippen molar-refractivity contribution in [2.24, 2.45) is 23.5 Å². The molecular weight excluding hydrogens is 452 g/mol. The monoisotopic (exact) mass is 484 g/mol. The first-order valence-electron chi connectivity index (χ1n) is 11.8. The number of phenols is 1. The van der Waals surface area contributed by atoms with Gasteiger partial charge < -0.3 is 26.2 Å². The second-order valence-corrected chi connectivity index (χ2v) is 10.5. The number of amides is 1. The van der Waals surface area contributed by atoms with E-state index in [-0.39, 0.29) is 23.3 Å². The van der Waals surface area contributed by atoms with Gasteiger partial charge in [0.05, 0.1) is 11.6 Å². The highest BCUT2D eigenvalue weighted by Gasteiger charge is 2.63. The van der Waals surface area contributed by atoms with Crippen molar-refractivity contribution < 1.29 is 34.8 Å². The van der Waals surface area contributed by atoms with Crippen LogP contribution in [-0.2, 0) is 22.4 Å². The molecule has 0 heterocycles. The van der Waals surface area contributed by atoms with Crippen LogP contribution < -0.4 is 5.73 Å². The first-order chi connectivity index (χ1) is 16.3. The number of nitrogens with two attached hydrogens (primary N) is 1. The van der Waals surface area contributed by atoms with Crippen molar-refractivity contribution in [3.63, 3.8) is 0 Å². The fourth-order valence-electron chi connectivity index (χ4n) is 5.99. The molecule has 9 heteroatoms. The number of benzene rings is 1. The van der Waals surface area contributed by atoms with Gasteiger partial charge in [0.1, 0.15) is 22.8 Å². The molecule has 1 amide bonds. The average Bonchev–Trinajstić information content (AvgIpc) is 2.75. The van der Waals surface area contributed by atoms with Gasteiger partial charge in [-0.1, -0.05) is 19.9 Å². The number of aliphatic hydroxyl groups excluding tert-OH is 2. The number of fused-ring (bicyclic) bond motifs is 3. The third-order valence-corrected chi connectivity index (χ3v) is 7.69. The minimum atomic E-state index is -2.62. The summed E-state index contributed by atoms with van der Waals surface area (Å²) < 4.78 is 0. The molecule has 0 saturated heterocycles. The number of allylic oxidation sites excluding steroid dienone is 1. The van der Waals surface area contributed by atoms with Crippen LogP contribution in [0.4, 0.5) is 0 Å². The van der Waals surface area contributed by atoms with Gasteiger partial charge >= 0.3 is 0 Å². The Kier molecular flexibility index (Phi) is 6.05. The van der Waals surface area contributed by atoms with Crippen LogP contribution in [-0.4, -0.2) is 68.5 Å². The summed E-state index contributed by atoms with van der Waals surface area (Å²) in [4.78, 5) is 40.5. The Bertz CT molecular complexity index is 1200. The number of aromatic hydroxyl groups is 1. The number of aliphatic hydroxyl groups is 3. The smallest absolute Gasteiger partial charge is 0.255 e. The summed E-state index contributed by atoms with van der Waals surface area (Å²) >= 11 is 0. The molecule has 9 nitrogen and oxygen atoms in total. The van der Waals surface area contributed by atoms with Crippen LogP contribution in [0.15, 0.2) is 34.8 Å². The van der Waals surface area contributed by atoms with E-state index in [2.05, 4.69) is 13.8 Å². The highest BCUT2D eigenvalue weighted by atomic mass is 16.3. The Morgan fingerprint density at radius 1 is 1.20 bits per heavy atom. The van der Waals surface area contributed by atoms with Crippen molar-refractivity contribution in [2.45, 2.75) is 51.2 Å². The normalized spacial score (nSPS) is 28.4. The maximum atomic E-state index is 13.6. The van der Waals surface area contributed by atoms with E-state index in [9.17, 15) is 34.8 Å². The van der Waals surface area contributed by atoms with E-state index in [0.717, 1.165) is 12.0 Å². The van der Waals surface area contributed by atoms with Crippen LogP contribution in [0.2, 0.25) is 0 Å². The molecule has 0 saturated carbocycles. The molecule has 35 heavy (non-hydrogen) atoms.